The SMILES string of the molecule is CNC(=O)CC[C@H](NC(=O)COCCOCCNC(=O)COCCOCCNC(=O)CC[C@H](NC(=O)CCCS(=O)(=O)NC(=O)CCCCCCCCCCCCCCCc1nnn[nH]1)C(=O)O)C(=O)O. The Labute approximate surface area is 415 Å². The summed E-state index contributed by atoms with van der Waals surface area (Å²) in [6, 6.07) is -2.61. The van der Waals surface area contributed by atoms with Crippen LogP contribution in [0.25, 0.3) is 0 Å². The Hall–Kier alpha value is -5.38. The monoisotopic (exact) mass is 1030 g/mol. The molecule has 406 valence electrons. The standard InChI is InChI=1S/C44H78N10O16S/c1-45-37(55)21-19-35(44(63)64)49-42(60)33-70-30-28-68-26-24-47-41(59)32-69-29-27-67-25-23-46-38(56)22-20-34(43(61)62)48-39(57)18-15-31-71(65,66)52-40(58)17-14-12-10-8-6-4-2-3-5-7-9-11-13-16-36-50-53-54-51-36/h34-35H,2-33H2,1H3,(H,45,55)(H,46,56)(H,47,59)(H,48,57)(H,49,60)(H,52,58)(H,61,62)(H,63,64)(H,50,51,53,54)/t34-,35-/m0/s1. The number of nitrogens with one attached hydrogen (secondary N) is 7. The number of hydrogen-bond donors (Lipinski definition) is 9. The van der Waals surface area contributed by atoms with E-state index in [0.717, 1.165) is 44.3 Å². The first-order valence-electron chi connectivity index (χ1n) is 24.5. The minimum Gasteiger partial charge on any atom is -0.480 e. The lowest BCUT2D eigenvalue weighted by Gasteiger charge is -2.14. The highest BCUT2D eigenvalue weighted by atomic mass is 32.2. The molecule has 2 atom stereocenters. The highest BCUT2D eigenvalue weighted by Crippen LogP contribution is 2.14. The number of carboxylic acid groups (broad SMARTS) is 2. The highest BCUT2D eigenvalue weighted by Gasteiger charge is 2.23. The van der Waals surface area contributed by atoms with Crippen LogP contribution in [0.2, 0.25) is 0 Å². The number of ether oxygens (including phenoxy) is 4. The van der Waals surface area contributed by atoms with E-state index in [4.69, 9.17) is 18.9 Å². The van der Waals surface area contributed by atoms with Gasteiger partial charge in [0.2, 0.25) is 45.5 Å². The first kappa shape index (κ1) is 63.6. The minimum absolute atomic E-state index is 0.0375. The van der Waals surface area contributed by atoms with Crippen molar-refractivity contribution < 1.29 is 75.9 Å². The molecule has 0 bridgehead atoms. The average Bonchev–Trinajstić information content (AvgIpc) is 3.85. The zero-order valence-corrected chi connectivity index (χ0v) is 42.0. The van der Waals surface area contributed by atoms with Gasteiger partial charge in [0.1, 0.15) is 31.1 Å². The van der Waals surface area contributed by atoms with Crippen LogP contribution < -0.4 is 31.3 Å². The number of sulfonamides is 1. The number of aliphatic carboxylic acids is 2. The Kier molecular flexibility index (Phi) is 37.0. The normalized spacial score (nSPS) is 12.1. The summed E-state index contributed by atoms with van der Waals surface area (Å²) >= 11 is 0. The first-order valence-corrected chi connectivity index (χ1v) is 26.1. The van der Waals surface area contributed by atoms with Crippen molar-refractivity contribution in [3.05, 3.63) is 5.82 Å². The van der Waals surface area contributed by atoms with E-state index in [1.807, 2.05) is 4.72 Å². The molecule has 0 aliphatic carbocycles. The third-order valence-corrected chi connectivity index (χ3v) is 11.9. The summed E-state index contributed by atoms with van der Waals surface area (Å²) in [5, 5.41) is 44.6. The topological polar surface area (TPSA) is 375 Å². The lowest BCUT2D eigenvalue weighted by atomic mass is 10.0. The van der Waals surface area contributed by atoms with E-state index in [9.17, 15) is 57.0 Å². The molecule has 1 heterocycles. The summed E-state index contributed by atoms with van der Waals surface area (Å²) in [5.74, 6) is -5.50. The van der Waals surface area contributed by atoms with Crippen molar-refractivity contribution in [3.63, 3.8) is 0 Å². The van der Waals surface area contributed by atoms with E-state index in [1.54, 1.807) is 0 Å². The van der Waals surface area contributed by atoms with Gasteiger partial charge in [0.25, 0.3) is 0 Å². The van der Waals surface area contributed by atoms with Crippen molar-refractivity contribution in [1.29, 1.82) is 0 Å². The van der Waals surface area contributed by atoms with Crippen LogP contribution in [0, 0.1) is 0 Å². The molecule has 0 aromatic carbocycles. The number of carbonyl (C=O) groups excluding carboxylic acids is 6. The van der Waals surface area contributed by atoms with E-state index in [1.165, 1.54) is 52.0 Å². The summed E-state index contributed by atoms with van der Waals surface area (Å²) in [6.45, 7) is 0.234. The largest absolute Gasteiger partial charge is 0.480 e. The van der Waals surface area contributed by atoms with Crippen LogP contribution >= 0.6 is 0 Å². The van der Waals surface area contributed by atoms with Crippen molar-refractivity contribution in [2.75, 3.05) is 78.7 Å². The van der Waals surface area contributed by atoms with E-state index < -0.39 is 75.9 Å². The Bertz CT molecular complexity index is 1790. The molecule has 0 aliphatic rings. The fourth-order valence-corrected chi connectivity index (χ4v) is 7.71. The second kappa shape index (κ2) is 41.3. The number of aromatic amines is 1. The zero-order chi connectivity index (χ0) is 52.4. The number of carbonyl (C=O) groups is 8. The molecule has 1 rings (SSSR count). The fourth-order valence-electron chi connectivity index (χ4n) is 6.63. The number of rotatable bonds is 47. The van der Waals surface area contributed by atoms with Crippen molar-refractivity contribution in [3.8, 4) is 0 Å². The molecule has 0 unspecified atom stereocenters. The first-order chi connectivity index (χ1) is 34.1. The van der Waals surface area contributed by atoms with Gasteiger partial charge in [-0.05, 0) is 42.5 Å². The molecule has 1 aromatic rings. The summed E-state index contributed by atoms with van der Waals surface area (Å²) in [6.07, 6.45) is 14.1. The second-order valence-corrected chi connectivity index (χ2v) is 18.4. The maximum Gasteiger partial charge on any atom is 0.326 e. The van der Waals surface area contributed by atoms with Gasteiger partial charge in [0.05, 0.1) is 45.4 Å². The van der Waals surface area contributed by atoms with Crippen LogP contribution in [0.1, 0.15) is 134 Å². The zero-order valence-electron chi connectivity index (χ0n) is 41.1. The number of aromatic nitrogens is 4. The predicted molar refractivity (Wildman–Crippen MR) is 255 cm³/mol. The number of aryl methyl sites for hydroxylation is 1. The van der Waals surface area contributed by atoms with Crippen LogP contribution in [0.15, 0.2) is 0 Å². The molecule has 0 radical (unpaired) electrons. The van der Waals surface area contributed by atoms with Gasteiger partial charge in [-0.2, -0.15) is 0 Å². The van der Waals surface area contributed by atoms with Crippen LogP contribution in [0.3, 0.4) is 0 Å². The Balaban J connectivity index is 2.00. The van der Waals surface area contributed by atoms with Crippen molar-refractivity contribution in [1.82, 2.24) is 51.9 Å². The lowest BCUT2D eigenvalue weighted by molar-refractivity contribution is -0.143. The maximum atomic E-state index is 12.4. The molecule has 71 heavy (non-hydrogen) atoms. The predicted octanol–water partition coefficient (Wildman–Crippen LogP) is 0.174. The van der Waals surface area contributed by atoms with Gasteiger partial charge in [-0.3, -0.25) is 33.5 Å². The van der Waals surface area contributed by atoms with Crippen molar-refractivity contribution in [2.24, 2.45) is 0 Å². The molecule has 0 aliphatic heterocycles. The third-order valence-electron chi connectivity index (χ3n) is 10.5. The van der Waals surface area contributed by atoms with Crippen LogP contribution in [-0.4, -0.2) is 177 Å². The van der Waals surface area contributed by atoms with Gasteiger partial charge in [0.15, 0.2) is 0 Å². The van der Waals surface area contributed by atoms with Gasteiger partial charge >= 0.3 is 11.9 Å². The summed E-state index contributed by atoms with van der Waals surface area (Å²) < 4.78 is 47.8. The highest BCUT2D eigenvalue weighted by molar-refractivity contribution is 7.90. The molecule has 0 saturated heterocycles. The smallest absolute Gasteiger partial charge is 0.326 e. The summed E-state index contributed by atoms with van der Waals surface area (Å²) in [7, 11) is -2.56. The number of nitrogens with zero attached hydrogens (tertiary/aromatic N) is 3. The average molecular weight is 1040 g/mol. The van der Waals surface area contributed by atoms with Crippen molar-refractivity contribution >= 4 is 57.4 Å². The molecule has 0 spiro atoms. The number of hydrogen-bond acceptors (Lipinski definition) is 17. The van der Waals surface area contributed by atoms with Crippen molar-refractivity contribution in [2.45, 2.75) is 147 Å². The van der Waals surface area contributed by atoms with E-state index in [-0.39, 0.29) is 110 Å². The Morgan fingerprint density at radius 3 is 1.52 bits per heavy atom. The molecular formula is C44H78N10O16S. The fraction of sp³-hybridized carbons (Fsp3) is 0.795. The summed E-state index contributed by atoms with van der Waals surface area (Å²) in [5.41, 5.74) is 0. The number of carboxylic acids is 2. The van der Waals surface area contributed by atoms with Gasteiger partial charge in [-0.1, -0.05) is 70.6 Å². The number of tetrazole rings is 1. The number of amides is 6. The second-order valence-electron chi connectivity index (χ2n) is 16.6. The molecule has 0 saturated carbocycles. The van der Waals surface area contributed by atoms with E-state index >= 15 is 0 Å². The minimum atomic E-state index is -3.98. The molecule has 6 amide bonds. The van der Waals surface area contributed by atoms with Gasteiger partial charge in [-0.15, -0.1) is 5.10 Å². The number of H-pyrrole nitrogens is 1. The van der Waals surface area contributed by atoms with Crippen LogP contribution in [-0.2, 0) is 73.7 Å². The molecule has 9 N–H and O–H groups in total. The Morgan fingerprint density at radius 2 is 1.00 bits per heavy atom. The van der Waals surface area contributed by atoms with E-state index in [0.29, 0.717) is 6.42 Å². The van der Waals surface area contributed by atoms with Crippen LogP contribution in [0.4, 0.5) is 0 Å². The van der Waals surface area contributed by atoms with Gasteiger partial charge < -0.3 is 55.7 Å². The molecular weight excluding hydrogens is 957 g/mol. The Morgan fingerprint density at radius 1 is 0.535 bits per heavy atom. The molecule has 1 aromatic heterocycles. The third kappa shape index (κ3) is 38.0. The van der Waals surface area contributed by atoms with Crippen LogP contribution in [0.5, 0.6) is 0 Å². The summed E-state index contributed by atoms with van der Waals surface area (Å²) in [4.78, 5) is 95.0. The maximum absolute atomic E-state index is 12.4. The number of unbranched alkanes of at least 4 members (excludes halogenated alkanes) is 12. The molecule has 26 nitrogen and oxygen atoms in total. The molecule has 27 heteroatoms. The lowest BCUT2D eigenvalue weighted by Crippen LogP contribution is -2.43. The van der Waals surface area contributed by atoms with Gasteiger partial charge in [-0.25, -0.2) is 23.1 Å². The van der Waals surface area contributed by atoms with E-state index in [2.05, 4.69) is 47.2 Å². The van der Waals surface area contributed by atoms with Gasteiger partial charge in [0, 0.05) is 52.2 Å². The quantitative estimate of drug-likeness (QED) is 0.0393. The molecule has 0 fully saturated rings.